The van der Waals surface area contributed by atoms with Gasteiger partial charge in [0.15, 0.2) is 0 Å². The van der Waals surface area contributed by atoms with Gasteiger partial charge in [0.25, 0.3) is 0 Å². The highest BCUT2D eigenvalue weighted by Gasteiger charge is 2.42. The van der Waals surface area contributed by atoms with E-state index in [9.17, 15) is 13.2 Å². The first-order chi connectivity index (χ1) is 10.4. The average Bonchev–Trinajstić information content (AvgIpc) is 3.07. The summed E-state index contributed by atoms with van der Waals surface area (Å²) in [6, 6.07) is 4.41. The number of benzene rings is 1. The Hall–Kier alpha value is -0.960. The molecular formula is C14H17BrN2O4S. The van der Waals surface area contributed by atoms with E-state index in [4.69, 9.17) is 0 Å². The van der Waals surface area contributed by atoms with E-state index in [1.165, 1.54) is 25.3 Å². The Morgan fingerprint density at radius 3 is 2.50 bits per heavy atom. The van der Waals surface area contributed by atoms with Gasteiger partial charge in [-0.2, -0.15) is 4.31 Å². The molecule has 3 rings (SSSR count). The van der Waals surface area contributed by atoms with Gasteiger partial charge in [-0.3, -0.25) is 0 Å². The van der Waals surface area contributed by atoms with Gasteiger partial charge < -0.3 is 10.1 Å². The van der Waals surface area contributed by atoms with Crippen LogP contribution < -0.4 is 5.32 Å². The molecule has 8 heteroatoms. The number of methoxy groups -OCH3 is 1. The molecule has 22 heavy (non-hydrogen) atoms. The van der Waals surface area contributed by atoms with Gasteiger partial charge in [-0.15, -0.1) is 0 Å². The summed E-state index contributed by atoms with van der Waals surface area (Å²) in [6.45, 7) is 2.84. The van der Waals surface area contributed by atoms with Crippen LogP contribution in [0.2, 0.25) is 0 Å². The number of nitrogens with zero attached hydrogens (tertiary/aromatic N) is 1. The molecule has 120 valence electrons. The van der Waals surface area contributed by atoms with Gasteiger partial charge in [-0.25, -0.2) is 13.2 Å². The second kappa shape index (κ2) is 5.92. The van der Waals surface area contributed by atoms with E-state index in [1.54, 1.807) is 4.31 Å². The third-order valence-corrected chi connectivity index (χ3v) is 7.14. The number of sulfonamides is 1. The molecule has 0 unspecified atom stereocenters. The van der Waals surface area contributed by atoms with Crippen molar-refractivity contribution in [3.05, 3.63) is 28.2 Å². The fourth-order valence-electron chi connectivity index (χ4n) is 3.10. The third-order valence-electron chi connectivity index (χ3n) is 4.33. The minimum Gasteiger partial charge on any atom is -0.465 e. The Bertz CT molecular complexity index is 695. The summed E-state index contributed by atoms with van der Waals surface area (Å²) in [5.41, 5.74) is 0.316. The zero-order chi connectivity index (χ0) is 15.9. The van der Waals surface area contributed by atoms with E-state index in [0.29, 0.717) is 35.0 Å². The van der Waals surface area contributed by atoms with Gasteiger partial charge in [-0.1, -0.05) is 0 Å². The number of ether oxygens (including phenoxy) is 1. The van der Waals surface area contributed by atoms with Gasteiger partial charge in [0.1, 0.15) is 0 Å². The second-order valence-electron chi connectivity index (χ2n) is 5.64. The van der Waals surface area contributed by atoms with Gasteiger partial charge in [0.05, 0.1) is 17.6 Å². The van der Waals surface area contributed by atoms with Crippen LogP contribution in [0.15, 0.2) is 27.6 Å². The lowest BCUT2D eigenvalue weighted by Crippen LogP contribution is -2.32. The highest BCUT2D eigenvalue weighted by Crippen LogP contribution is 2.33. The van der Waals surface area contributed by atoms with Crippen molar-refractivity contribution in [2.45, 2.75) is 4.90 Å². The molecule has 0 radical (unpaired) electrons. The molecule has 0 bridgehead atoms. The summed E-state index contributed by atoms with van der Waals surface area (Å²) in [5.74, 6) is 0.289. The molecule has 0 saturated carbocycles. The Kier molecular flexibility index (Phi) is 4.28. The Morgan fingerprint density at radius 1 is 1.32 bits per heavy atom. The summed E-state index contributed by atoms with van der Waals surface area (Å²) in [4.78, 5) is 11.7. The molecule has 2 fully saturated rings. The van der Waals surface area contributed by atoms with Gasteiger partial charge in [0.2, 0.25) is 10.0 Å². The van der Waals surface area contributed by atoms with Gasteiger partial charge in [0, 0.05) is 17.6 Å². The summed E-state index contributed by atoms with van der Waals surface area (Å²) < 4.78 is 32.2. The maximum atomic E-state index is 12.8. The smallest absolute Gasteiger partial charge is 0.337 e. The van der Waals surface area contributed by atoms with Crippen molar-refractivity contribution in [2.24, 2.45) is 11.8 Å². The van der Waals surface area contributed by atoms with Crippen LogP contribution in [-0.4, -0.2) is 52.0 Å². The predicted molar refractivity (Wildman–Crippen MR) is 84.1 cm³/mol. The number of hydrogen-bond acceptors (Lipinski definition) is 5. The van der Waals surface area contributed by atoms with Gasteiger partial charge >= 0.3 is 5.97 Å². The third kappa shape index (κ3) is 2.68. The zero-order valence-electron chi connectivity index (χ0n) is 12.1. The van der Waals surface area contributed by atoms with Crippen LogP contribution in [0.3, 0.4) is 0 Å². The summed E-state index contributed by atoms with van der Waals surface area (Å²) >= 11 is 3.26. The van der Waals surface area contributed by atoms with Crippen LogP contribution >= 0.6 is 15.9 Å². The second-order valence-corrected chi connectivity index (χ2v) is 8.40. The van der Waals surface area contributed by atoms with Crippen LogP contribution in [0.1, 0.15) is 10.4 Å². The van der Waals surface area contributed by atoms with Crippen LogP contribution in [0.25, 0.3) is 0 Å². The molecule has 1 N–H and O–H groups in total. The minimum absolute atomic E-state index is 0.188. The number of hydrogen-bond donors (Lipinski definition) is 1. The molecule has 2 heterocycles. The molecule has 2 aliphatic rings. The SMILES string of the molecule is COC(=O)c1ccc(S(=O)(=O)N2C[C@H]3CNC[C@H]3C2)c(Br)c1. The minimum atomic E-state index is -3.55. The van der Waals surface area contributed by atoms with E-state index >= 15 is 0 Å². The number of carbonyl (C=O) groups excluding carboxylic acids is 1. The highest BCUT2D eigenvalue weighted by atomic mass is 79.9. The number of nitrogens with one attached hydrogen (secondary N) is 1. The van der Waals surface area contributed by atoms with Gasteiger partial charge in [-0.05, 0) is 59.1 Å². The van der Waals surface area contributed by atoms with Crippen LogP contribution in [0, 0.1) is 11.8 Å². The molecule has 6 nitrogen and oxygen atoms in total. The lowest BCUT2D eigenvalue weighted by molar-refractivity contribution is 0.0600. The van der Waals surface area contributed by atoms with Crippen molar-refractivity contribution >= 4 is 31.9 Å². The first-order valence-corrected chi connectivity index (χ1v) is 9.25. The number of carbonyl (C=O) groups is 1. The zero-order valence-corrected chi connectivity index (χ0v) is 14.5. The van der Waals surface area contributed by atoms with E-state index in [0.717, 1.165) is 13.1 Å². The maximum absolute atomic E-state index is 12.8. The lowest BCUT2D eigenvalue weighted by atomic mass is 10.0. The normalized spacial score (nSPS) is 25.2. The first-order valence-electron chi connectivity index (χ1n) is 7.02. The molecule has 0 spiro atoms. The summed E-state index contributed by atoms with van der Waals surface area (Å²) in [7, 11) is -2.26. The van der Waals surface area contributed by atoms with Crippen molar-refractivity contribution in [3.63, 3.8) is 0 Å². The molecule has 0 amide bonds. The first kappa shape index (κ1) is 15.9. The van der Waals surface area contributed by atoms with E-state index < -0.39 is 16.0 Å². The van der Waals surface area contributed by atoms with Crippen LogP contribution in [-0.2, 0) is 14.8 Å². The van der Waals surface area contributed by atoms with Crippen molar-refractivity contribution in [2.75, 3.05) is 33.3 Å². The molecule has 2 aliphatic heterocycles. The van der Waals surface area contributed by atoms with Crippen molar-refractivity contribution in [1.29, 1.82) is 0 Å². The molecule has 1 aromatic rings. The Balaban J connectivity index is 1.88. The molecule has 0 aliphatic carbocycles. The quantitative estimate of drug-likeness (QED) is 0.783. The fourth-order valence-corrected chi connectivity index (χ4v) is 5.69. The number of fused-ring (bicyclic) bond motifs is 1. The van der Waals surface area contributed by atoms with Crippen molar-refractivity contribution in [1.82, 2.24) is 9.62 Å². The maximum Gasteiger partial charge on any atom is 0.337 e. The number of halogens is 1. The Labute approximate surface area is 138 Å². The molecule has 0 aromatic heterocycles. The standard InChI is InChI=1S/C14H17BrN2O4S/c1-21-14(18)9-2-3-13(12(15)4-9)22(19,20)17-7-10-5-16-6-11(10)8-17/h2-4,10-11,16H,5-8H2,1H3/t10-,11+. The molecule has 2 atom stereocenters. The van der Waals surface area contributed by atoms with Crippen molar-refractivity contribution in [3.8, 4) is 0 Å². The topological polar surface area (TPSA) is 75.7 Å². The average molecular weight is 389 g/mol. The molecular weight excluding hydrogens is 372 g/mol. The van der Waals surface area contributed by atoms with E-state index in [-0.39, 0.29) is 4.90 Å². The number of esters is 1. The highest BCUT2D eigenvalue weighted by molar-refractivity contribution is 9.10. The largest absolute Gasteiger partial charge is 0.465 e. The fraction of sp³-hybridized carbons (Fsp3) is 0.500. The van der Waals surface area contributed by atoms with Crippen LogP contribution in [0.4, 0.5) is 0 Å². The van der Waals surface area contributed by atoms with E-state index in [1.807, 2.05) is 0 Å². The van der Waals surface area contributed by atoms with E-state index in [2.05, 4.69) is 26.0 Å². The molecule has 2 saturated heterocycles. The lowest BCUT2D eigenvalue weighted by Gasteiger charge is -2.18. The monoisotopic (exact) mass is 388 g/mol. The summed E-state index contributed by atoms with van der Waals surface area (Å²) in [5, 5.41) is 3.29. The Morgan fingerprint density at radius 2 is 1.95 bits per heavy atom. The van der Waals surface area contributed by atoms with Crippen molar-refractivity contribution < 1.29 is 17.9 Å². The summed E-state index contributed by atoms with van der Waals surface area (Å²) in [6.07, 6.45) is 0. The number of rotatable bonds is 3. The predicted octanol–water partition coefficient (Wildman–Crippen LogP) is 1.08. The molecule has 1 aromatic carbocycles. The van der Waals surface area contributed by atoms with Crippen LogP contribution in [0.5, 0.6) is 0 Å².